The van der Waals surface area contributed by atoms with E-state index < -0.39 is 30.2 Å². The standard InChI is InChI=1S/C19H16FN3O3/c1-12-6-8-14(9-7-12)21-17(24)11-23-18(25)16(22-19(23)26)10-13-4-2-3-5-15(13)20/h2-10H,11H2,1H3,(H,21,24)(H,22,26)/b16-10-. The predicted molar refractivity (Wildman–Crippen MR) is 94.4 cm³/mol. The van der Waals surface area contributed by atoms with Gasteiger partial charge < -0.3 is 10.6 Å². The number of carbonyl (C=O) groups is 3. The van der Waals surface area contributed by atoms with Crippen LogP contribution in [0, 0.1) is 12.7 Å². The molecule has 3 rings (SSSR count). The minimum Gasteiger partial charge on any atom is -0.325 e. The van der Waals surface area contributed by atoms with E-state index in [2.05, 4.69) is 10.6 Å². The molecule has 6 nitrogen and oxygen atoms in total. The Balaban J connectivity index is 1.70. The number of carbonyl (C=O) groups excluding carboxylic acids is 3. The zero-order valence-corrected chi connectivity index (χ0v) is 14.0. The molecule has 0 unspecified atom stereocenters. The van der Waals surface area contributed by atoms with Crippen molar-refractivity contribution in [3.05, 3.63) is 71.2 Å². The number of hydrogen-bond donors (Lipinski definition) is 2. The van der Waals surface area contributed by atoms with Crippen molar-refractivity contribution >= 4 is 29.6 Å². The molecular formula is C19H16FN3O3. The Bertz CT molecular complexity index is 907. The summed E-state index contributed by atoms with van der Waals surface area (Å²) in [5.41, 5.74) is 1.69. The predicted octanol–water partition coefficient (Wildman–Crippen LogP) is 2.67. The van der Waals surface area contributed by atoms with Gasteiger partial charge in [0.1, 0.15) is 18.1 Å². The van der Waals surface area contributed by atoms with E-state index in [1.807, 2.05) is 19.1 Å². The maximum absolute atomic E-state index is 13.7. The normalized spacial score (nSPS) is 15.3. The van der Waals surface area contributed by atoms with Gasteiger partial charge in [-0.3, -0.25) is 9.59 Å². The van der Waals surface area contributed by atoms with E-state index in [1.165, 1.54) is 24.3 Å². The van der Waals surface area contributed by atoms with Gasteiger partial charge in [0, 0.05) is 11.3 Å². The Kier molecular flexibility index (Phi) is 4.79. The summed E-state index contributed by atoms with van der Waals surface area (Å²) in [6.07, 6.45) is 1.24. The fourth-order valence-corrected chi connectivity index (χ4v) is 2.44. The number of hydrogen-bond acceptors (Lipinski definition) is 3. The van der Waals surface area contributed by atoms with Crippen molar-refractivity contribution in [1.82, 2.24) is 10.2 Å². The SMILES string of the molecule is Cc1ccc(NC(=O)CN2C(=O)N/C(=C\c3ccccc3F)C2=O)cc1. The van der Waals surface area contributed by atoms with Gasteiger partial charge in [-0.25, -0.2) is 14.1 Å². The molecule has 4 amide bonds. The number of rotatable bonds is 4. The molecule has 0 atom stereocenters. The molecule has 7 heteroatoms. The second-order valence-corrected chi connectivity index (χ2v) is 5.82. The number of benzene rings is 2. The lowest BCUT2D eigenvalue weighted by atomic mass is 10.2. The van der Waals surface area contributed by atoms with Crippen molar-refractivity contribution in [2.75, 3.05) is 11.9 Å². The summed E-state index contributed by atoms with van der Waals surface area (Å²) in [5.74, 6) is -1.71. The van der Waals surface area contributed by atoms with Crippen LogP contribution in [0.2, 0.25) is 0 Å². The van der Waals surface area contributed by atoms with Crippen molar-refractivity contribution in [2.45, 2.75) is 6.92 Å². The van der Waals surface area contributed by atoms with Gasteiger partial charge in [0.05, 0.1) is 0 Å². The maximum atomic E-state index is 13.7. The van der Waals surface area contributed by atoms with Crippen molar-refractivity contribution in [1.29, 1.82) is 0 Å². The van der Waals surface area contributed by atoms with Crippen LogP contribution in [0.1, 0.15) is 11.1 Å². The highest BCUT2D eigenvalue weighted by molar-refractivity contribution is 6.15. The number of nitrogens with one attached hydrogen (secondary N) is 2. The summed E-state index contributed by atoms with van der Waals surface area (Å²) < 4.78 is 13.7. The molecule has 132 valence electrons. The average molecular weight is 353 g/mol. The van der Waals surface area contributed by atoms with Gasteiger partial charge in [0.25, 0.3) is 5.91 Å². The largest absolute Gasteiger partial charge is 0.329 e. The van der Waals surface area contributed by atoms with Crippen LogP contribution in [0.25, 0.3) is 6.08 Å². The monoisotopic (exact) mass is 353 g/mol. The number of halogens is 1. The van der Waals surface area contributed by atoms with Gasteiger partial charge >= 0.3 is 6.03 Å². The second kappa shape index (κ2) is 7.18. The van der Waals surface area contributed by atoms with Crippen LogP contribution in [-0.4, -0.2) is 29.3 Å². The number of anilines is 1. The summed E-state index contributed by atoms with van der Waals surface area (Å²) in [6.45, 7) is 1.48. The van der Waals surface area contributed by atoms with Crippen molar-refractivity contribution in [3.8, 4) is 0 Å². The third-order valence-electron chi connectivity index (χ3n) is 3.80. The third-order valence-corrected chi connectivity index (χ3v) is 3.80. The van der Waals surface area contributed by atoms with Gasteiger partial charge in [-0.1, -0.05) is 35.9 Å². The van der Waals surface area contributed by atoms with Gasteiger partial charge in [-0.15, -0.1) is 0 Å². The lowest BCUT2D eigenvalue weighted by Gasteiger charge is -2.12. The van der Waals surface area contributed by atoms with Crippen molar-refractivity contribution in [2.24, 2.45) is 0 Å². The summed E-state index contributed by atoms with van der Waals surface area (Å²) in [4.78, 5) is 37.2. The van der Waals surface area contributed by atoms with E-state index in [1.54, 1.807) is 18.2 Å². The molecule has 2 N–H and O–H groups in total. The quantitative estimate of drug-likeness (QED) is 0.655. The van der Waals surface area contributed by atoms with Crippen LogP contribution in [0.3, 0.4) is 0 Å². The Morgan fingerprint density at radius 2 is 1.85 bits per heavy atom. The highest BCUT2D eigenvalue weighted by Gasteiger charge is 2.35. The molecule has 1 aliphatic heterocycles. The number of urea groups is 1. The second-order valence-electron chi connectivity index (χ2n) is 5.82. The van der Waals surface area contributed by atoms with E-state index in [9.17, 15) is 18.8 Å². The number of amides is 4. The molecule has 0 saturated carbocycles. The van der Waals surface area contributed by atoms with Crippen molar-refractivity contribution in [3.63, 3.8) is 0 Å². The topological polar surface area (TPSA) is 78.5 Å². The molecule has 1 fully saturated rings. The fourth-order valence-electron chi connectivity index (χ4n) is 2.44. The zero-order chi connectivity index (χ0) is 18.7. The van der Waals surface area contributed by atoms with Crippen LogP contribution in [0.5, 0.6) is 0 Å². The Morgan fingerprint density at radius 3 is 2.54 bits per heavy atom. The summed E-state index contributed by atoms with van der Waals surface area (Å²) in [6, 6.07) is 12.3. The van der Waals surface area contributed by atoms with Gasteiger partial charge in [0.2, 0.25) is 5.91 Å². The minimum absolute atomic E-state index is 0.0803. The lowest BCUT2D eigenvalue weighted by Crippen LogP contribution is -2.38. The van der Waals surface area contributed by atoms with E-state index in [4.69, 9.17) is 0 Å². The molecule has 1 saturated heterocycles. The van der Waals surface area contributed by atoms with E-state index in [0.29, 0.717) is 5.69 Å². The molecule has 0 radical (unpaired) electrons. The number of aryl methyl sites for hydroxylation is 1. The van der Waals surface area contributed by atoms with Crippen LogP contribution in [0.4, 0.5) is 14.9 Å². The first-order valence-electron chi connectivity index (χ1n) is 7.89. The molecule has 0 bridgehead atoms. The maximum Gasteiger partial charge on any atom is 0.329 e. The first kappa shape index (κ1) is 17.3. The average Bonchev–Trinajstić information content (AvgIpc) is 2.86. The molecule has 0 aromatic heterocycles. The molecule has 0 aliphatic carbocycles. The number of nitrogens with zero attached hydrogens (tertiary/aromatic N) is 1. The van der Waals surface area contributed by atoms with Crippen molar-refractivity contribution < 1.29 is 18.8 Å². The van der Waals surface area contributed by atoms with E-state index in [0.717, 1.165) is 10.5 Å². The summed E-state index contributed by atoms with van der Waals surface area (Å²) >= 11 is 0. The molecule has 2 aromatic rings. The Hall–Kier alpha value is -3.48. The molecule has 1 aliphatic rings. The minimum atomic E-state index is -0.725. The number of imide groups is 1. The smallest absolute Gasteiger partial charge is 0.325 e. The Morgan fingerprint density at radius 1 is 1.15 bits per heavy atom. The van der Waals surface area contributed by atoms with Crippen LogP contribution >= 0.6 is 0 Å². The highest BCUT2D eigenvalue weighted by Crippen LogP contribution is 2.16. The van der Waals surface area contributed by atoms with Crippen LogP contribution in [-0.2, 0) is 9.59 Å². The van der Waals surface area contributed by atoms with Gasteiger partial charge in [0.15, 0.2) is 0 Å². The summed E-state index contributed by atoms with van der Waals surface area (Å²) in [7, 11) is 0. The molecule has 1 heterocycles. The van der Waals surface area contributed by atoms with E-state index in [-0.39, 0.29) is 11.3 Å². The molecule has 0 spiro atoms. The molecule has 26 heavy (non-hydrogen) atoms. The first-order valence-corrected chi connectivity index (χ1v) is 7.89. The van der Waals surface area contributed by atoms with E-state index >= 15 is 0 Å². The third kappa shape index (κ3) is 3.77. The Labute approximate surface area is 149 Å². The van der Waals surface area contributed by atoms with Crippen LogP contribution in [0.15, 0.2) is 54.2 Å². The lowest BCUT2D eigenvalue weighted by molar-refractivity contribution is -0.127. The summed E-state index contributed by atoms with van der Waals surface area (Å²) in [5, 5.41) is 4.98. The van der Waals surface area contributed by atoms with Crippen LogP contribution < -0.4 is 10.6 Å². The molecule has 2 aromatic carbocycles. The van der Waals surface area contributed by atoms with Gasteiger partial charge in [-0.2, -0.15) is 0 Å². The first-order chi connectivity index (χ1) is 12.4. The zero-order valence-electron chi connectivity index (χ0n) is 14.0. The highest BCUT2D eigenvalue weighted by atomic mass is 19.1. The molecular weight excluding hydrogens is 337 g/mol. The fraction of sp³-hybridized carbons (Fsp3) is 0.105. The van der Waals surface area contributed by atoms with Gasteiger partial charge in [-0.05, 0) is 31.2 Å².